The molecular weight excluding hydrogens is 244 g/mol. The molecule has 0 unspecified atom stereocenters. The van der Waals surface area contributed by atoms with Crippen molar-refractivity contribution in [3.63, 3.8) is 0 Å². The molecule has 1 rings (SSSR count). The third-order valence-corrected chi connectivity index (χ3v) is 3.05. The zero-order valence-corrected chi connectivity index (χ0v) is 10.2. The second kappa shape index (κ2) is 6.31. The maximum absolute atomic E-state index is 10.6. The van der Waals surface area contributed by atoms with Gasteiger partial charge in [0.1, 0.15) is 0 Å². The fourth-order valence-electron chi connectivity index (χ4n) is 1.36. The minimum atomic E-state index is -1.04. The van der Waals surface area contributed by atoms with Gasteiger partial charge in [0.2, 0.25) is 0 Å². The smallest absolute Gasteiger partial charge is 0.317 e. The summed E-state index contributed by atoms with van der Waals surface area (Å²) in [6.07, 6.45) is 0.822. The molecule has 0 aromatic carbocycles. The summed E-state index contributed by atoms with van der Waals surface area (Å²) in [7, 11) is 0. The number of carbonyl (C=O) groups is 2. The van der Waals surface area contributed by atoms with Crippen LogP contribution in [0.3, 0.4) is 0 Å². The summed E-state index contributed by atoms with van der Waals surface area (Å²) < 4.78 is 0. The number of hydrogen-bond acceptors (Lipinski definition) is 5. The Kier molecular flexibility index (Phi) is 5.05. The predicted octanol–water partition coefficient (Wildman–Crippen LogP) is 0.677. The van der Waals surface area contributed by atoms with E-state index in [4.69, 9.17) is 10.2 Å². The monoisotopic (exact) mass is 258 g/mol. The first-order valence-electron chi connectivity index (χ1n) is 5.10. The Hall–Kier alpha value is -1.47. The van der Waals surface area contributed by atoms with E-state index in [0.29, 0.717) is 5.69 Å². The highest BCUT2D eigenvalue weighted by Crippen LogP contribution is 2.12. The van der Waals surface area contributed by atoms with Crippen LogP contribution in [0.2, 0.25) is 0 Å². The van der Waals surface area contributed by atoms with Gasteiger partial charge in [-0.15, -0.1) is 11.3 Å². The molecule has 1 aromatic heterocycles. The average Bonchev–Trinajstić information content (AvgIpc) is 2.63. The second-order valence-corrected chi connectivity index (χ2v) is 4.46. The van der Waals surface area contributed by atoms with Gasteiger partial charge < -0.3 is 10.2 Å². The van der Waals surface area contributed by atoms with E-state index in [1.807, 2.05) is 12.3 Å². The lowest BCUT2D eigenvalue weighted by atomic mass is 10.4. The van der Waals surface area contributed by atoms with Crippen molar-refractivity contribution in [3.05, 3.63) is 16.1 Å². The molecule has 0 saturated heterocycles. The molecule has 0 saturated carbocycles. The second-order valence-electron chi connectivity index (χ2n) is 3.52. The van der Waals surface area contributed by atoms with E-state index in [1.165, 1.54) is 16.2 Å². The van der Waals surface area contributed by atoms with E-state index in [-0.39, 0.29) is 19.6 Å². The van der Waals surface area contributed by atoms with E-state index in [9.17, 15) is 9.59 Å². The molecule has 0 aliphatic carbocycles. The van der Waals surface area contributed by atoms with E-state index in [1.54, 1.807) is 0 Å². The molecule has 94 valence electrons. The Bertz CT molecular complexity index is 389. The van der Waals surface area contributed by atoms with Crippen molar-refractivity contribution < 1.29 is 19.8 Å². The third kappa shape index (κ3) is 4.92. The predicted molar refractivity (Wildman–Crippen MR) is 62.0 cm³/mol. The van der Waals surface area contributed by atoms with Gasteiger partial charge in [0.05, 0.1) is 23.8 Å². The van der Waals surface area contributed by atoms with Crippen LogP contribution in [0.4, 0.5) is 0 Å². The first-order chi connectivity index (χ1) is 8.01. The normalized spacial score (nSPS) is 10.7. The van der Waals surface area contributed by atoms with Gasteiger partial charge in [0.15, 0.2) is 0 Å². The SMILES string of the molecule is CCc1nc(CN(CC(=O)O)CC(=O)O)cs1. The maximum Gasteiger partial charge on any atom is 0.317 e. The molecule has 0 fully saturated rings. The van der Waals surface area contributed by atoms with Crippen molar-refractivity contribution in [3.8, 4) is 0 Å². The van der Waals surface area contributed by atoms with Gasteiger partial charge in [-0.3, -0.25) is 14.5 Å². The molecule has 0 bridgehead atoms. The summed E-state index contributed by atoms with van der Waals surface area (Å²) in [5.74, 6) is -2.09. The summed E-state index contributed by atoms with van der Waals surface area (Å²) >= 11 is 1.50. The fourth-order valence-corrected chi connectivity index (χ4v) is 2.10. The molecule has 0 spiro atoms. The largest absolute Gasteiger partial charge is 0.480 e. The van der Waals surface area contributed by atoms with E-state index in [0.717, 1.165) is 11.4 Å². The Balaban J connectivity index is 2.64. The fraction of sp³-hybridized carbons (Fsp3) is 0.500. The maximum atomic E-state index is 10.6. The molecule has 7 heteroatoms. The van der Waals surface area contributed by atoms with Gasteiger partial charge in [0.25, 0.3) is 0 Å². The number of aliphatic carboxylic acids is 2. The number of rotatable bonds is 7. The van der Waals surface area contributed by atoms with Crippen molar-refractivity contribution in [2.75, 3.05) is 13.1 Å². The van der Waals surface area contributed by atoms with Crippen molar-refractivity contribution >= 4 is 23.3 Å². The number of aryl methyl sites for hydroxylation is 1. The highest BCUT2D eigenvalue weighted by molar-refractivity contribution is 7.09. The van der Waals surface area contributed by atoms with Gasteiger partial charge >= 0.3 is 11.9 Å². The summed E-state index contributed by atoms with van der Waals surface area (Å²) in [4.78, 5) is 26.8. The molecular formula is C10H14N2O4S. The highest BCUT2D eigenvalue weighted by Gasteiger charge is 2.15. The number of hydrogen-bond donors (Lipinski definition) is 2. The lowest BCUT2D eigenvalue weighted by molar-refractivity contribution is -0.142. The van der Waals surface area contributed by atoms with Gasteiger partial charge in [-0.2, -0.15) is 0 Å². The summed E-state index contributed by atoms with van der Waals surface area (Å²) in [5, 5.41) is 20.1. The highest BCUT2D eigenvalue weighted by atomic mass is 32.1. The molecule has 2 N–H and O–H groups in total. The minimum absolute atomic E-state index is 0.245. The van der Waals surface area contributed by atoms with Crippen molar-refractivity contribution in [1.82, 2.24) is 9.88 Å². The molecule has 0 atom stereocenters. The van der Waals surface area contributed by atoms with Crippen molar-refractivity contribution in [2.45, 2.75) is 19.9 Å². The first kappa shape index (κ1) is 13.6. The Labute approximate surface area is 103 Å². The van der Waals surface area contributed by atoms with Crippen LogP contribution in [-0.4, -0.2) is 45.1 Å². The van der Waals surface area contributed by atoms with Crippen molar-refractivity contribution in [2.24, 2.45) is 0 Å². The number of carboxylic acids is 2. The molecule has 0 radical (unpaired) electrons. The Morgan fingerprint density at radius 1 is 1.35 bits per heavy atom. The lowest BCUT2D eigenvalue weighted by Crippen LogP contribution is -2.34. The van der Waals surface area contributed by atoms with Crippen LogP contribution in [0.25, 0.3) is 0 Å². The van der Waals surface area contributed by atoms with Crippen LogP contribution in [0.5, 0.6) is 0 Å². The number of nitrogens with zero attached hydrogens (tertiary/aromatic N) is 2. The lowest BCUT2D eigenvalue weighted by Gasteiger charge is -2.16. The van der Waals surface area contributed by atoms with Crippen LogP contribution in [0.15, 0.2) is 5.38 Å². The van der Waals surface area contributed by atoms with Gasteiger partial charge in [-0.1, -0.05) is 6.92 Å². The summed E-state index contributed by atoms with van der Waals surface area (Å²) in [5.41, 5.74) is 0.717. The molecule has 0 aliphatic heterocycles. The number of aromatic nitrogens is 1. The van der Waals surface area contributed by atoms with E-state index >= 15 is 0 Å². The van der Waals surface area contributed by atoms with Crippen LogP contribution in [0, 0.1) is 0 Å². The molecule has 17 heavy (non-hydrogen) atoms. The molecule has 1 heterocycles. The topological polar surface area (TPSA) is 90.7 Å². The number of carboxylic acid groups (broad SMARTS) is 2. The quantitative estimate of drug-likeness (QED) is 0.747. The van der Waals surface area contributed by atoms with Gasteiger partial charge in [-0.05, 0) is 6.42 Å². The molecule has 1 aromatic rings. The first-order valence-corrected chi connectivity index (χ1v) is 5.98. The van der Waals surface area contributed by atoms with Crippen molar-refractivity contribution in [1.29, 1.82) is 0 Å². The Morgan fingerprint density at radius 3 is 2.35 bits per heavy atom. The summed E-state index contributed by atoms with van der Waals surface area (Å²) in [6.45, 7) is 1.63. The van der Waals surface area contributed by atoms with Crippen LogP contribution in [0.1, 0.15) is 17.6 Å². The zero-order chi connectivity index (χ0) is 12.8. The Morgan fingerprint density at radius 2 is 1.94 bits per heavy atom. The summed E-state index contributed by atoms with van der Waals surface area (Å²) in [6, 6.07) is 0. The van der Waals surface area contributed by atoms with Crippen LogP contribution in [-0.2, 0) is 22.6 Å². The van der Waals surface area contributed by atoms with Crippen LogP contribution >= 0.6 is 11.3 Å². The minimum Gasteiger partial charge on any atom is -0.480 e. The van der Waals surface area contributed by atoms with Gasteiger partial charge in [0, 0.05) is 11.9 Å². The van der Waals surface area contributed by atoms with Gasteiger partial charge in [-0.25, -0.2) is 4.98 Å². The molecule has 0 amide bonds. The zero-order valence-electron chi connectivity index (χ0n) is 9.42. The standard InChI is InChI=1S/C10H14N2O4S/c1-2-8-11-7(6-17-8)3-12(4-9(13)14)5-10(15)16/h6H,2-5H2,1H3,(H,13,14)(H,15,16). The average molecular weight is 258 g/mol. The number of thiazole rings is 1. The van der Waals surface area contributed by atoms with E-state index in [2.05, 4.69) is 4.98 Å². The molecule has 0 aliphatic rings. The van der Waals surface area contributed by atoms with Crippen LogP contribution < -0.4 is 0 Å². The third-order valence-electron chi connectivity index (χ3n) is 2.01. The van der Waals surface area contributed by atoms with E-state index < -0.39 is 11.9 Å². The molecule has 6 nitrogen and oxygen atoms in total.